The molecular weight excluding hydrogens is 292 g/mol. The summed E-state index contributed by atoms with van der Waals surface area (Å²) in [5, 5.41) is 0. The highest BCUT2D eigenvalue weighted by molar-refractivity contribution is 8.01. The molecule has 0 unspecified atom stereocenters. The van der Waals surface area contributed by atoms with E-state index in [1.165, 1.54) is 25.7 Å². The number of carbonyl (C=O) groups excluding carboxylic acids is 1. The van der Waals surface area contributed by atoms with Crippen molar-refractivity contribution in [2.75, 3.05) is 22.7 Å². The van der Waals surface area contributed by atoms with Gasteiger partial charge in [0.25, 0.3) is 0 Å². The minimum atomic E-state index is 0.160. The van der Waals surface area contributed by atoms with Crippen molar-refractivity contribution in [2.45, 2.75) is 51.2 Å². The lowest BCUT2D eigenvalue weighted by Gasteiger charge is -2.34. The molecule has 1 N–H and O–H groups in total. The number of rotatable bonds is 4. The number of carbonyl (C=O) groups is 1. The highest BCUT2D eigenvalue weighted by atomic mass is 32.2. The predicted molar refractivity (Wildman–Crippen MR) is 95.9 cm³/mol. The van der Waals surface area contributed by atoms with Gasteiger partial charge in [0.1, 0.15) is 0 Å². The Morgan fingerprint density at radius 2 is 1.86 bits per heavy atom. The van der Waals surface area contributed by atoms with Crippen LogP contribution in [0.4, 0.5) is 11.4 Å². The van der Waals surface area contributed by atoms with Crippen molar-refractivity contribution >= 4 is 29.6 Å². The molecule has 1 heterocycles. The number of nitrogens with one attached hydrogen (secondary N) is 1. The molecule has 0 amide bonds. The molecule has 0 bridgehead atoms. The van der Waals surface area contributed by atoms with Crippen LogP contribution in [0.15, 0.2) is 18.2 Å². The fourth-order valence-electron chi connectivity index (χ4n) is 3.09. The van der Waals surface area contributed by atoms with Crippen molar-refractivity contribution in [1.82, 2.24) is 0 Å². The van der Waals surface area contributed by atoms with Gasteiger partial charge in [-0.3, -0.25) is 4.79 Å². The summed E-state index contributed by atoms with van der Waals surface area (Å²) in [5.74, 6) is 0. The SMILES string of the molecule is CC(C)(C)SNc1ccc(C=O)c(N2CCC3(CC2)CC3)c1. The van der Waals surface area contributed by atoms with Gasteiger partial charge in [-0.05, 0) is 82.0 Å². The molecule has 0 atom stereocenters. The van der Waals surface area contributed by atoms with E-state index in [9.17, 15) is 4.79 Å². The zero-order valence-electron chi connectivity index (χ0n) is 13.8. The third kappa shape index (κ3) is 3.60. The van der Waals surface area contributed by atoms with Gasteiger partial charge in [-0.1, -0.05) is 0 Å². The monoisotopic (exact) mass is 318 g/mol. The van der Waals surface area contributed by atoms with Gasteiger partial charge in [-0.25, -0.2) is 0 Å². The molecule has 2 fully saturated rings. The Morgan fingerprint density at radius 1 is 1.18 bits per heavy atom. The first-order chi connectivity index (χ1) is 10.4. The molecule has 1 aromatic rings. The molecule has 1 spiro atoms. The maximum atomic E-state index is 11.4. The van der Waals surface area contributed by atoms with Gasteiger partial charge in [-0.15, -0.1) is 0 Å². The van der Waals surface area contributed by atoms with E-state index >= 15 is 0 Å². The van der Waals surface area contributed by atoms with Gasteiger partial charge in [0.2, 0.25) is 0 Å². The lowest BCUT2D eigenvalue weighted by molar-refractivity contribution is 0.112. The highest BCUT2D eigenvalue weighted by Gasteiger charge is 2.44. The average molecular weight is 318 g/mol. The molecule has 4 heteroatoms. The van der Waals surface area contributed by atoms with Crippen LogP contribution in [-0.2, 0) is 0 Å². The summed E-state index contributed by atoms with van der Waals surface area (Å²) >= 11 is 1.71. The number of anilines is 2. The largest absolute Gasteiger partial charge is 0.371 e. The summed E-state index contributed by atoms with van der Waals surface area (Å²) in [6.07, 6.45) is 6.35. The topological polar surface area (TPSA) is 32.3 Å². The lowest BCUT2D eigenvalue weighted by atomic mass is 9.93. The maximum Gasteiger partial charge on any atom is 0.152 e. The molecule has 1 aromatic carbocycles. The number of hydrogen-bond acceptors (Lipinski definition) is 4. The van der Waals surface area contributed by atoms with Crippen molar-refractivity contribution in [3.05, 3.63) is 23.8 Å². The summed E-state index contributed by atoms with van der Waals surface area (Å²) < 4.78 is 3.58. The average Bonchev–Trinajstić information content (AvgIpc) is 3.24. The van der Waals surface area contributed by atoms with Crippen LogP contribution in [0.3, 0.4) is 0 Å². The summed E-state index contributed by atoms with van der Waals surface area (Å²) in [5.41, 5.74) is 3.63. The first-order valence-electron chi connectivity index (χ1n) is 8.19. The van der Waals surface area contributed by atoms with Gasteiger partial charge < -0.3 is 9.62 Å². The highest BCUT2D eigenvalue weighted by Crippen LogP contribution is 2.54. The van der Waals surface area contributed by atoms with Gasteiger partial charge in [0.05, 0.1) is 0 Å². The molecule has 1 aliphatic heterocycles. The molecule has 0 aromatic heterocycles. The second-order valence-corrected chi connectivity index (χ2v) is 9.33. The van der Waals surface area contributed by atoms with Crippen molar-refractivity contribution < 1.29 is 4.79 Å². The molecule has 0 radical (unpaired) electrons. The van der Waals surface area contributed by atoms with Crippen LogP contribution in [0.5, 0.6) is 0 Å². The van der Waals surface area contributed by atoms with E-state index in [0.29, 0.717) is 5.41 Å². The van der Waals surface area contributed by atoms with Gasteiger partial charge >= 0.3 is 0 Å². The van der Waals surface area contributed by atoms with Crippen molar-refractivity contribution in [2.24, 2.45) is 5.41 Å². The van der Waals surface area contributed by atoms with Crippen LogP contribution >= 0.6 is 11.9 Å². The minimum absolute atomic E-state index is 0.160. The van der Waals surface area contributed by atoms with Crippen molar-refractivity contribution in [3.63, 3.8) is 0 Å². The number of nitrogens with zero attached hydrogens (tertiary/aromatic N) is 1. The second kappa shape index (κ2) is 5.80. The number of piperidine rings is 1. The Hall–Kier alpha value is -1.16. The zero-order valence-corrected chi connectivity index (χ0v) is 14.6. The lowest BCUT2D eigenvalue weighted by Crippen LogP contribution is -2.35. The smallest absolute Gasteiger partial charge is 0.152 e. The van der Waals surface area contributed by atoms with Crippen LogP contribution in [0.25, 0.3) is 0 Å². The first-order valence-corrected chi connectivity index (χ1v) is 9.01. The second-order valence-electron chi connectivity index (χ2n) is 7.69. The predicted octanol–water partition coefficient (Wildman–Crippen LogP) is 4.74. The van der Waals surface area contributed by atoms with E-state index in [1.54, 1.807) is 11.9 Å². The number of hydrogen-bond donors (Lipinski definition) is 1. The summed E-state index contributed by atoms with van der Waals surface area (Å²) in [4.78, 5) is 13.8. The number of aldehydes is 1. The van der Waals surface area contributed by atoms with Crippen LogP contribution < -0.4 is 9.62 Å². The summed E-state index contributed by atoms with van der Waals surface area (Å²) in [6, 6.07) is 6.07. The fourth-order valence-corrected chi connectivity index (χ4v) is 3.64. The fraction of sp³-hybridized carbons (Fsp3) is 0.611. The molecule has 120 valence electrons. The third-order valence-corrected chi connectivity index (χ3v) is 5.70. The molecule has 3 nitrogen and oxygen atoms in total. The Labute approximate surface area is 138 Å². The molecule has 2 aliphatic rings. The normalized spacial score (nSPS) is 20.0. The van der Waals surface area contributed by atoms with Crippen molar-refractivity contribution in [3.8, 4) is 0 Å². The molecule has 1 saturated carbocycles. The summed E-state index contributed by atoms with van der Waals surface area (Å²) in [7, 11) is 0. The van der Waals surface area contributed by atoms with E-state index < -0.39 is 0 Å². The van der Waals surface area contributed by atoms with E-state index in [1.807, 2.05) is 12.1 Å². The van der Waals surface area contributed by atoms with Crippen LogP contribution in [0.2, 0.25) is 0 Å². The quantitative estimate of drug-likeness (QED) is 0.642. The zero-order chi connectivity index (χ0) is 15.8. The van der Waals surface area contributed by atoms with Gasteiger partial charge in [-0.2, -0.15) is 0 Å². The summed E-state index contributed by atoms with van der Waals surface area (Å²) in [6.45, 7) is 8.72. The van der Waals surface area contributed by atoms with Gasteiger partial charge in [0.15, 0.2) is 6.29 Å². The Kier molecular flexibility index (Phi) is 4.15. The van der Waals surface area contributed by atoms with Crippen molar-refractivity contribution in [1.29, 1.82) is 0 Å². The maximum absolute atomic E-state index is 11.4. The van der Waals surface area contributed by atoms with E-state index in [2.05, 4.69) is 36.5 Å². The molecule has 1 aliphatic carbocycles. The van der Waals surface area contributed by atoms with E-state index in [0.717, 1.165) is 36.3 Å². The minimum Gasteiger partial charge on any atom is -0.371 e. The Balaban J connectivity index is 1.74. The Morgan fingerprint density at radius 3 is 2.41 bits per heavy atom. The third-order valence-electron chi connectivity index (χ3n) is 4.75. The van der Waals surface area contributed by atoms with Crippen LogP contribution in [-0.4, -0.2) is 24.1 Å². The standard InChI is InChI=1S/C18H26N2OS/c1-17(2,3)22-19-15-5-4-14(13-21)16(12-15)20-10-8-18(6-7-18)9-11-20/h4-5,12-13,19H,6-11H2,1-3H3. The van der Waals surface area contributed by atoms with Crippen LogP contribution in [0, 0.1) is 5.41 Å². The van der Waals surface area contributed by atoms with Crippen LogP contribution in [0.1, 0.15) is 56.8 Å². The molecular formula is C18H26N2OS. The molecule has 3 rings (SSSR count). The molecule has 1 saturated heterocycles. The number of benzene rings is 1. The Bertz CT molecular complexity index is 551. The van der Waals surface area contributed by atoms with E-state index in [4.69, 9.17) is 0 Å². The van der Waals surface area contributed by atoms with E-state index in [-0.39, 0.29) is 4.75 Å². The van der Waals surface area contributed by atoms with Gasteiger partial charge in [0, 0.05) is 34.8 Å². The molecule has 22 heavy (non-hydrogen) atoms. The first kappa shape index (κ1) is 15.7.